The third-order valence-electron chi connectivity index (χ3n) is 3.25. The second kappa shape index (κ2) is 7.11. The number of hydrogen-bond acceptors (Lipinski definition) is 4. The second-order valence-electron chi connectivity index (χ2n) is 4.54. The fourth-order valence-electron chi connectivity index (χ4n) is 2.09. The maximum absolute atomic E-state index is 5.34. The molecule has 3 nitrogen and oxygen atoms in total. The summed E-state index contributed by atoms with van der Waals surface area (Å²) in [6.45, 7) is 8.51. The quantitative estimate of drug-likeness (QED) is 0.787. The largest absolute Gasteiger partial charge is 0.379 e. The van der Waals surface area contributed by atoms with Gasteiger partial charge in [-0.05, 0) is 48.8 Å². The summed E-state index contributed by atoms with van der Waals surface area (Å²) in [6.07, 6.45) is 1.22. The highest BCUT2D eigenvalue weighted by molar-refractivity contribution is 7.07. The van der Waals surface area contributed by atoms with E-state index in [-0.39, 0.29) is 0 Å². The molecule has 17 heavy (non-hydrogen) atoms. The van der Waals surface area contributed by atoms with Gasteiger partial charge in [0, 0.05) is 19.1 Å². The Balaban J connectivity index is 1.56. The molecule has 1 fully saturated rings. The Labute approximate surface area is 108 Å². The fraction of sp³-hybridized carbons (Fsp3) is 0.692. The van der Waals surface area contributed by atoms with Gasteiger partial charge in [-0.1, -0.05) is 0 Å². The molecule has 1 aromatic rings. The van der Waals surface area contributed by atoms with Gasteiger partial charge in [0.05, 0.1) is 13.2 Å². The summed E-state index contributed by atoms with van der Waals surface area (Å²) < 4.78 is 5.34. The number of nitrogens with one attached hydrogen (secondary N) is 1. The van der Waals surface area contributed by atoms with Gasteiger partial charge < -0.3 is 10.1 Å². The molecule has 1 atom stereocenters. The van der Waals surface area contributed by atoms with Crippen molar-refractivity contribution in [1.29, 1.82) is 0 Å². The van der Waals surface area contributed by atoms with E-state index in [4.69, 9.17) is 4.74 Å². The Morgan fingerprint density at radius 3 is 3.00 bits per heavy atom. The molecule has 4 heteroatoms. The third kappa shape index (κ3) is 4.39. The molecule has 2 rings (SSSR count). The molecule has 1 N–H and O–H groups in total. The van der Waals surface area contributed by atoms with E-state index in [9.17, 15) is 0 Å². The fourth-order valence-corrected chi connectivity index (χ4v) is 2.84. The van der Waals surface area contributed by atoms with Gasteiger partial charge >= 0.3 is 0 Å². The Morgan fingerprint density at radius 2 is 2.29 bits per heavy atom. The van der Waals surface area contributed by atoms with Crippen LogP contribution >= 0.6 is 11.3 Å². The first-order valence-corrected chi connectivity index (χ1v) is 7.36. The summed E-state index contributed by atoms with van der Waals surface area (Å²) in [4.78, 5) is 2.49. The Morgan fingerprint density at radius 1 is 1.47 bits per heavy atom. The highest BCUT2D eigenvalue weighted by Crippen LogP contribution is 2.15. The van der Waals surface area contributed by atoms with E-state index in [1.54, 1.807) is 11.3 Å². The molecule has 0 aliphatic carbocycles. The summed E-state index contributed by atoms with van der Waals surface area (Å²) in [5, 5.41) is 7.94. The second-order valence-corrected chi connectivity index (χ2v) is 5.32. The minimum Gasteiger partial charge on any atom is -0.379 e. The van der Waals surface area contributed by atoms with Crippen LogP contribution in [0.15, 0.2) is 16.8 Å². The van der Waals surface area contributed by atoms with Gasteiger partial charge in [-0.25, -0.2) is 0 Å². The van der Waals surface area contributed by atoms with Gasteiger partial charge in [0.25, 0.3) is 0 Å². The van der Waals surface area contributed by atoms with Crippen molar-refractivity contribution in [3.63, 3.8) is 0 Å². The lowest BCUT2D eigenvalue weighted by atomic mass is 10.2. The monoisotopic (exact) mass is 254 g/mol. The summed E-state index contributed by atoms with van der Waals surface area (Å²) in [5.41, 5.74) is 1.40. The predicted molar refractivity (Wildman–Crippen MR) is 72.6 cm³/mol. The van der Waals surface area contributed by atoms with Crippen LogP contribution in [-0.4, -0.2) is 44.3 Å². The van der Waals surface area contributed by atoms with Gasteiger partial charge in [-0.3, -0.25) is 4.90 Å². The summed E-state index contributed by atoms with van der Waals surface area (Å²) >= 11 is 1.77. The number of thiophene rings is 1. The molecule has 1 aromatic heterocycles. The van der Waals surface area contributed by atoms with E-state index < -0.39 is 0 Å². The highest BCUT2D eigenvalue weighted by atomic mass is 32.1. The van der Waals surface area contributed by atoms with E-state index in [0.29, 0.717) is 6.04 Å². The van der Waals surface area contributed by atoms with Crippen LogP contribution in [0, 0.1) is 0 Å². The Hall–Kier alpha value is -0.420. The molecule has 0 radical (unpaired) electrons. The molecule has 1 saturated heterocycles. The van der Waals surface area contributed by atoms with Gasteiger partial charge in [0.2, 0.25) is 0 Å². The molecular weight excluding hydrogens is 232 g/mol. The van der Waals surface area contributed by atoms with Crippen LogP contribution < -0.4 is 5.32 Å². The molecule has 0 spiro atoms. The molecule has 0 saturated carbocycles. The van der Waals surface area contributed by atoms with E-state index in [1.807, 2.05) is 0 Å². The van der Waals surface area contributed by atoms with Crippen LogP contribution in [0.3, 0.4) is 0 Å². The summed E-state index contributed by atoms with van der Waals surface area (Å²) in [5.74, 6) is 0. The third-order valence-corrected chi connectivity index (χ3v) is 3.95. The molecule has 0 bridgehead atoms. The van der Waals surface area contributed by atoms with E-state index in [1.165, 1.54) is 18.5 Å². The summed E-state index contributed by atoms with van der Waals surface area (Å²) in [6, 6.07) is 2.68. The van der Waals surface area contributed by atoms with Crippen molar-refractivity contribution in [2.45, 2.75) is 19.4 Å². The SMILES string of the molecule is CC(NCCCN1CCOCC1)c1ccsc1. The van der Waals surface area contributed by atoms with Crippen molar-refractivity contribution in [1.82, 2.24) is 10.2 Å². The minimum absolute atomic E-state index is 0.478. The van der Waals surface area contributed by atoms with Crippen molar-refractivity contribution in [2.24, 2.45) is 0 Å². The van der Waals surface area contributed by atoms with Crippen LogP contribution in [0.25, 0.3) is 0 Å². The highest BCUT2D eigenvalue weighted by Gasteiger charge is 2.09. The van der Waals surface area contributed by atoms with E-state index in [2.05, 4.69) is 34.0 Å². The lowest BCUT2D eigenvalue weighted by Gasteiger charge is -2.26. The standard InChI is InChI=1S/C13H22N2OS/c1-12(13-3-10-17-11-13)14-4-2-5-15-6-8-16-9-7-15/h3,10-12,14H,2,4-9H2,1H3. The average Bonchev–Trinajstić information content (AvgIpc) is 2.89. The zero-order valence-electron chi connectivity index (χ0n) is 10.5. The number of nitrogens with zero attached hydrogens (tertiary/aromatic N) is 1. The average molecular weight is 254 g/mol. The Bertz CT molecular complexity index is 296. The molecule has 2 heterocycles. The number of rotatable bonds is 6. The first-order valence-electron chi connectivity index (χ1n) is 6.42. The molecule has 96 valence electrons. The minimum atomic E-state index is 0.478. The smallest absolute Gasteiger partial charge is 0.0594 e. The van der Waals surface area contributed by atoms with Crippen LogP contribution in [0.5, 0.6) is 0 Å². The molecular formula is C13H22N2OS. The summed E-state index contributed by atoms with van der Waals surface area (Å²) in [7, 11) is 0. The van der Waals surface area contributed by atoms with Crippen LogP contribution in [-0.2, 0) is 4.74 Å². The van der Waals surface area contributed by atoms with Gasteiger partial charge in [0.15, 0.2) is 0 Å². The first kappa shape index (κ1) is 13.0. The molecule has 1 aliphatic heterocycles. The zero-order valence-corrected chi connectivity index (χ0v) is 11.3. The number of hydrogen-bond donors (Lipinski definition) is 1. The molecule has 0 aromatic carbocycles. The first-order chi connectivity index (χ1) is 8.36. The topological polar surface area (TPSA) is 24.5 Å². The van der Waals surface area contributed by atoms with Gasteiger partial charge in [-0.2, -0.15) is 11.3 Å². The van der Waals surface area contributed by atoms with E-state index in [0.717, 1.165) is 32.8 Å². The van der Waals surface area contributed by atoms with Crippen molar-refractivity contribution in [3.8, 4) is 0 Å². The van der Waals surface area contributed by atoms with Crippen molar-refractivity contribution >= 4 is 11.3 Å². The number of morpholine rings is 1. The maximum Gasteiger partial charge on any atom is 0.0594 e. The number of ether oxygens (including phenoxy) is 1. The van der Waals surface area contributed by atoms with Crippen LogP contribution in [0.4, 0.5) is 0 Å². The van der Waals surface area contributed by atoms with Crippen molar-refractivity contribution < 1.29 is 4.74 Å². The molecule has 0 amide bonds. The van der Waals surface area contributed by atoms with E-state index >= 15 is 0 Å². The van der Waals surface area contributed by atoms with Crippen LogP contribution in [0.2, 0.25) is 0 Å². The molecule has 1 unspecified atom stereocenters. The lowest BCUT2D eigenvalue weighted by Crippen LogP contribution is -2.37. The van der Waals surface area contributed by atoms with Crippen LogP contribution in [0.1, 0.15) is 24.9 Å². The van der Waals surface area contributed by atoms with Crippen molar-refractivity contribution in [3.05, 3.63) is 22.4 Å². The maximum atomic E-state index is 5.34. The van der Waals surface area contributed by atoms with Gasteiger partial charge in [0.1, 0.15) is 0 Å². The van der Waals surface area contributed by atoms with Gasteiger partial charge in [-0.15, -0.1) is 0 Å². The molecule has 1 aliphatic rings. The lowest BCUT2D eigenvalue weighted by molar-refractivity contribution is 0.0374. The zero-order chi connectivity index (χ0) is 11.9. The predicted octanol–water partition coefficient (Wildman–Crippen LogP) is 2.12. The van der Waals surface area contributed by atoms with Crippen molar-refractivity contribution in [2.75, 3.05) is 39.4 Å². The Kier molecular flexibility index (Phi) is 5.45. The normalized spacial score (nSPS) is 19.4.